The summed E-state index contributed by atoms with van der Waals surface area (Å²) in [6, 6.07) is 1.45. The van der Waals surface area contributed by atoms with Crippen LogP contribution in [0, 0.1) is 11.8 Å². The molecule has 1 heterocycles. The van der Waals surface area contributed by atoms with Crippen LogP contribution in [0.15, 0.2) is 0 Å². The fourth-order valence-electron chi connectivity index (χ4n) is 2.76. The standard InChI is InChI=1S/C15H30N2O/c1-12(2)11-18-8-4-7-17-10-15(14-5-6-14)16-9-13(17)3/h12-16H,4-11H2,1-3H3. The zero-order valence-corrected chi connectivity index (χ0v) is 12.3. The minimum atomic E-state index is 0.655. The topological polar surface area (TPSA) is 24.5 Å². The molecule has 1 saturated heterocycles. The van der Waals surface area contributed by atoms with Crippen LogP contribution in [0.4, 0.5) is 0 Å². The molecule has 1 N–H and O–H groups in total. The highest BCUT2D eigenvalue weighted by Crippen LogP contribution is 2.34. The Balaban J connectivity index is 1.60. The molecule has 0 aromatic carbocycles. The van der Waals surface area contributed by atoms with E-state index in [0.717, 1.165) is 31.7 Å². The normalized spacial score (nSPS) is 30.0. The SMILES string of the molecule is CC(C)COCCCN1CC(C2CC2)NCC1C. The first-order valence-electron chi connectivity index (χ1n) is 7.72. The van der Waals surface area contributed by atoms with Gasteiger partial charge in [-0.1, -0.05) is 13.8 Å². The summed E-state index contributed by atoms with van der Waals surface area (Å²) in [5.74, 6) is 1.62. The molecule has 0 bridgehead atoms. The molecule has 2 fully saturated rings. The molecule has 0 aromatic heterocycles. The van der Waals surface area contributed by atoms with Crippen LogP contribution in [0.5, 0.6) is 0 Å². The van der Waals surface area contributed by atoms with Gasteiger partial charge in [-0.25, -0.2) is 0 Å². The van der Waals surface area contributed by atoms with Crippen molar-refractivity contribution in [2.75, 3.05) is 32.8 Å². The third-order valence-electron chi connectivity index (χ3n) is 4.11. The van der Waals surface area contributed by atoms with E-state index in [1.165, 1.54) is 32.4 Å². The molecule has 2 aliphatic rings. The molecular weight excluding hydrogens is 224 g/mol. The molecule has 0 spiro atoms. The smallest absolute Gasteiger partial charge is 0.0489 e. The van der Waals surface area contributed by atoms with Crippen molar-refractivity contribution in [2.24, 2.45) is 11.8 Å². The Labute approximate surface area is 112 Å². The molecule has 3 nitrogen and oxygen atoms in total. The van der Waals surface area contributed by atoms with Gasteiger partial charge in [0.15, 0.2) is 0 Å². The summed E-state index contributed by atoms with van der Waals surface area (Å²) >= 11 is 0. The second kappa shape index (κ2) is 6.88. The number of piperazine rings is 1. The molecule has 106 valence electrons. The van der Waals surface area contributed by atoms with Crippen molar-refractivity contribution in [3.05, 3.63) is 0 Å². The number of rotatable bonds is 7. The predicted octanol–water partition coefficient (Wildman–Crippen LogP) is 2.12. The summed E-state index contributed by atoms with van der Waals surface area (Å²) in [5.41, 5.74) is 0. The number of nitrogens with one attached hydrogen (secondary N) is 1. The summed E-state index contributed by atoms with van der Waals surface area (Å²) in [5, 5.41) is 3.70. The predicted molar refractivity (Wildman–Crippen MR) is 75.8 cm³/mol. The number of ether oxygens (including phenoxy) is 1. The zero-order chi connectivity index (χ0) is 13.0. The van der Waals surface area contributed by atoms with Crippen molar-refractivity contribution in [1.29, 1.82) is 0 Å². The first kappa shape index (κ1) is 14.3. The average molecular weight is 254 g/mol. The Hall–Kier alpha value is -0.120. The summed E-state index contributed by atoms with van der Waals surface area (Å²) in [6.07, 6.45) is 4.06. The highest BCUT2D eigenvalue weighted by Gasteiger charge is 2.35. The van der Waals surface area contributed by atoms with Crippen molar-refractivity contribution in [2.45, 2.75) is 52.1 Å². The lowest BCUT2D eigenvalue weighted by molar-refractivity contribution is 0.0821. The molecule has 2 atom stereocenters. The minimum absolute atomic E-state index is 0.655. The fourth-order valence-corrected chi connectivity index (χ4v) is 2.76. The Morgan fingerprint density at radius 2 is 2.11 bits per heavy atom. The van der Waals surface area contributed by atoms with Crippen LogP contribution in [0.25, 0.3) is 0 Å². The van der Waals surface area contributed by atoms with Gasteiger partial charge in [0.05, 0.1) is 0 Å². The van der Waals surface area contributed by atoms with Gasteiger partial charge in [-0.15, -0.1) is 0 Å². The molecular formula is C15H30N2O. The largest absolute Gasteiger partial charge is 0.381 e. The van der Waals surface area contributed by atoms with Crippen LogP contribution in [-0.2, 0) is 4.74 Å². The molecule has 3 heteroatoms. The molecule has 0 radical (unpaired) electrons. The van der Waals surface area contributed by atoms with Gasteiger partial charge in [-0.3, -0.25) is 4.90 Å². The Bertz CT molecular complexity index is 241. The molecule has 1 aliphatic heterocycles. The molecule has 1 aliphatic carbocycles. The summed E-state index contributed by atoms with van der Waals surface area (Å²) in [7, 11) is 0. The Morgan fingerprint density at radius 3 is 2.78 bits per heavy atom. The van der Waals surface area contributed by atoms with Crippen LogP contribution >= 0.6 is 0 Å². The third-order valence-corrected chi connectivity index (χ3v) is 4.11. The van der Waals surface area contributed by atoms with Gasteiger partial charge in [0, 0.05) is 44.9 Å². The fraction of sp³-hybridized carbons (Fsp3) is 1.00. The van der Waals surface area contributed by atoms with E-state index in [1.54, 1.807) is 0 Å². The van der Waals surface area contributed by atoms with Crippen LogP contribution in [-0.4, -0.2) is 49.8 Å². The van der Waals surface area contributed by atoms with Crippen molar-refractivity contribution in [3.63, 3.8) is 0 Å². The average Bonchev–Trinajstić information content (AvgIpc) is 3.14. The van der Waals surface area contributed by atoms with E-state index < -0.39 is 0 Å². The van der Waals surface area contributed by atoms with Gasteiger partial charge in [-0.2, -0.15) is 0 Å². The van der Waals surface area contributed by atoms with Crippen LogP contribution in [0.1, 0.15) is 40.0 Å². The lowest BCUT2D eigenvalue weighted by Crippen LogP contribution is -2.56. The van der Waals surface area contributed by atoms with Gasteiger partial charge in [0.25, 0.3) is 0 Å². The maximum atomic E-state index is 5.67. The lowest BCUT2D eigenvalue weighted by atomic mass is 10.1. The van der Waals surface area contributed by atoms with Gasteiger partial charge in [-0.05, 0) is 38.0 Å². The van der Waals surface area contributed by atoms with Gasteiger partial charge < -0.3 is 10.1 Å². The first-order chi connectivity index (χ1) is 8.66. The van der Waals surface area contributed by atoms with Crippen molar-refractivity contribution >= 4 is 0 Å². The highest BCUT2D eigenvalue weighted by atomic mass is 16.5. The Kier molecular flexibility index (Phi) is 5.46. The maximum absolute atomic E-state index is 5.67. The molecule has 0 amide bonds. The van der Waals surface area contributed by atoms with Gasteiger partial charge >= 0.3 is 0 Å². The van der Waals surface area contributed by atoms with Crippen LogP contribution < -0.4 is 5.32 Å². The summed E-state index contributed by atoms with van der Waals surface area (Å²) in [4.78, 5) is 2.65. The number of nitrogens with zero attached hydrogens (tertiary/aromatic N) is 1. The van der Waals surface area contributed by atoms with E-state index in [1.807, 2.05) is 0 Å². The number of hydrogen-bond donors (Lipinski definition) is 1. The lowest BCUT2D eigenvalue weighted by Gasteiger charge is -2.39. The molecule has 2 unspecified atom stereocenters. The summed E-state index contributed by atoms with van der Waals surface area (Å²) in [6.45, 7) is 12.2. The van der Waals surface area contributed by atoms with E-state index in [2.05, 4.69) is 31.0 Å². The van der Waals surface area contributed by atoms with E-state index in [0.29, 0.717) is 12.0 Å². The molecule has 2 rings (SSSR count). The van der Waals surface area contributed by atoms with Crippen molar-refractivity contribution in [1.82, 2.24) is 10.2 Å². The maximum Gasteiger partial charge on any atom is 0.0489 e. The highest BCUT2D eigenvalue weighted by molar-refractivity contribution is 4.93. The monoisotopic (exact) mass is 254 g/mol. The zero-order valence-electron chi connectivity index (χ0n) is 12.3. The van der Waals surface area contributed by atoms with Gasteiger partial charge in [0.2, 0.25) is 0 Å². The minimum Gasteiger partial charge on any atom is -0.381 e. The van der Waals surface area contributed by atoms with E-state index in [9.17, 15) is 0 Å². The number of hydrogen-bond acceptors (Lipinski definition) is 3. The second-order valence-corrected chi connectivity index (χ2v) is 6.52. The third kappa shape index (κ3) is 4.52. The summed E-state index contributed by atoms with van der Waals surface area (Å²) < 4.78 is 5.67. The second-order valence-electron chi connectivity index (χ2n) is 6.52. The van der Waals surface area contributed by atoms with Crippen molar-refractivity contribution in [3.8, 4) is 0 Å². The van der Waals surface area contributed by atoms with Crippen LogP contribution in [0.2, 0.25) is 0 Å². The molecule has 0 aromatic rings. The van der Waals surface area contributed by atoms with Crippen LogP contribution in [0.3, 0.4) is 0 Å². The van der Waals surface area contributed by atoms with Gasteiger partial charge in [0.1, 0.15) is 0 Å². The first-order valence-corrected chi connectivity index (χ1v) is 7.72. The van der Waals surface area contributed by atoms with E-state index in [4.69, 9.17) is 4.74 Å². The molecule has 18 heavy (non-hydrogen) atoms. The van der Waals surface area contributed by atoms with Crippen molar-refractivity contribution < 1.29 is 4.74 Å². The quantitative estimate of drug-likeness (QED) is 0.704. The Morgan fingerprint density at radius 1 is 1.33 bits per heavy atom. The van der Waals surface area contributed by atoms with E-state index >= 15 is 0 Å². The van der Waals surface area contributed by atoms with E-state index in [-0.39, 0.29) is 0 Å². The molecule has 1 saturated carbocycles.